The third kappa shape index (κ3) is 2.61. The Morgan fingerprint density at radius 3 is 2.33 bits per heavy atom. The van der Waals surface area contributed by atoms with Crippen LogP contribution in [0.2, 0.25) is 0 Å². The van der Waals surface area contributed by atoms with Crippen molar-refractivity contribution >= 4 is 11.3 Å². The third-order valence-electron chi connectivity index (χ3n) is 2.13. The van der Waals surface area contributed by atoms with Crippen LogP contribution in [0.25, 0.3) is 0 Å². The van der Waals surface area contributed by atoms with E-state index in [0.717, 1.165) is 4.88 Å². The number of hydrogen-bond acceptors (Lipinski definition) is 3. The fourth-order valence-corrected chi connectivity index (χ4v) is 1.99. The summed E-state index contributed by atoms with van der Waals surface area (Å²) >= 11 is 1.44. The highest BCUT2D eigenvalue weighted by atomic mass is 32.1. The van der Waals surface area contributed by atoms with Crippen molar-refractivity contribution in [1.29, 1.82) is 0 Å². The molecule has 0 radical (unpaired) electrons. The fraction of sp³-hybridized carbons (Fsp3) is 0.182. The first-order valence-electron chi connectivity index (χ1n) is 4.94. The highest BCUT2D eigenvalue weighted by Gasteiger charge is 2.22. The van der Waals surface area contributed by atoms with Gasteiger partial charge < -0.3 is 4.74 Å². The van der Waals surface area contributed by atoms with E-state index >= 15 is 0 Å². The number of aromatic nitrogens is 1. The van der Waals surface area contributed by atoms with Crippen LogP contribution in [0.4, 0.5) is 17.6 Å². The molecule has 0 amide bonds. The lowest BCUT2D eigenvalue weighted by atomic mass is 10.3. The molecular formula is C11H7F4NOS. The number of thiophene rings is 1. The molecule has 2 nitrogen and oxygen atoms in total. The molecule has 0 saturated heterocycles. The van der Waals surface area contributed by atoms with Crippen LogP contribution in [0, 0.1) is 23.5 Å². The van der Waals surface area contributed by atoms with Crippen molar-refractivity contribution in [3.05, 3.63) is 45.9 Å². The summed E-state index contributed by atoms with van der Waals surface area (Å²) < 4.78 is 56.5. The number of ether oxygens (including phenoxy) is 1. The first-order chi connectivity index (χ1) is 8.59. The van der Waals surface area contributed by atoms with Gasteiger partial charge in [-0.3, -0.25) is 0 Å². The van der Waals surface area contributed by atoms with Crippen molar-refractivity contribution in [2.24, 2.45) is 0 Å². The van der Waals surface area contributed by atoms with Crippen molar-refractivity contribution in [2.45, 2.75) is 6.42 Å². The van der Waals surface area contributed by atoms with Crippen LogP contribution in [0.1, 0.15) is 4.88 Å². The monoisotopic (exact) mass is 277 g/mol. The van der Waals surface area contributed by atoms with Crippen molar-refractivity contribution < 1.29 is 22.3 Å². The van der Waals surface area contributed by atoms with Gasteiger partial charge >= 0.3 is 0 Å². The summed E-state index contributed by atoms with van der Waals surface area (Å²) in [7, 11) is 0. The smallest absolute Gasteiger partial charge is 0.255 e. The second kappa shape index (κ2) is 5.34. The average molecular weight is 277 g/mol. The van der Waals surface area contributed by atoms with Gasteiger partial charge in [0, 0.05) is 11.3 Å². The zero-order valence-corrected chi connectivity index (χ0v) is 9.74. The molecule has 0 bridgehead atoms. The molecule has 96 valence electrons. The Morgan fingerprint density at radius 1 is 1.11 bits per heavy atom. The zero-order chi connectivity index (χ0) is 13.1. The lowest BCUT2D eigenvalue weighted by Crippen LogP contribution is -2.08. The van der Waals surface area contributed by atoms with Crippen LogP contribution in [-0.4, -0.2) is 11.6 Å². The van der Waals surface area contributed by atoms with E-state index in [0.29, 0.717) is 6.42 Å². The van der Waals surface area contributed by atoms with Crippen LogP contribution in [0.3, 0.4) is 0 Å². The first kappa shape index (κ1) is 12.8. The third-order valence-corrected chi connectivity index (χ3v) is 3.07. The van der Waals surface area contributed by atoms with Crippen molar-refractivity contribution in [2.75, 3.05) is 6.61 Å². The van der Waals surface area contributed by atoms with E-state index in [-0.39, 0.29) is 6.61 Å². The summed E-state index contributed by atoms with van der Waals surface area (Å²) in [6, 6.07) is 3.63. The van der Waals surface area contributed by atoms with Gasteiger partial charge in [-0.1, -0.05) is 6.07 Å². The summed E-state index contributed by atoms with van der Waals surface area (Å²) in [6.07, 6.45) is 0.391. The highest BCUT2D eigenvalue weighted by molar-refractivity contribution is 7.09. The normalized spacial score (nSPS) is 10.7. The quantitative estimate of drug-likeness (QED) is 0.632. The van der Waals surface area contributed by atoms with Crippen LogP contribution >= 0.6 is 11.3 Å². The van der Waals surface area contributed by atoms with Crippen LogP contribution in [-0.2, 0) is 6.42 Å². The SMILES string of the molecule is Fc1nc(F)c(F)c(OCCc2cccs2)c1F. The van der Waals surface area contributed by atoms with Crippen molar-refractivity contribution in [3.8, 4) is 5.75 Å². The minimum atomic E-state index is -1.72. The Bertz CT molecular complexity index is 518. The molecular weight excluding hydrogens is 270 g/mol. The minimum Gasteiger partial charge on any atom is -0.487 e. The maximum atomic E-state index is 13.1. The number of halogens is 4. The number of hydrogen-bond donors (Lipinski definition) is 0. The topological polar surface area (TPSA) is 22.1 Å². The molecule has 0 unspecified atom stereocenters. The molecule has 2 heterocycles. The molecule has 2 aromatic rings. The Balaban J connectivity index is 2.09. The summed E-state index contributed by atoms with van der Waals surface area (Å²) in [5, 5.41) is 1.84. The molecule has 0 aliphatic heterocycles. The minimum absolute atomic E-state index is 0.0861. The molecule has 18 heavy (non-hydrogen) atoms. The average Bonchev–Trinajstić information content (AvgIpc) is 2.84. The van der Waals surface area contributed by atoms with Gasteiger partial charge in [0.1, 0.15) is 0 Å². The number of pyridine rings is 1. The van der Waals surface area contributed by atoms with Gasteiger partial charge in [-0.2, -0.15) is 22.5 Å². The highest BCUT2D eigenvalue weighted by Crippen LogP contribution is 2.24. The van der Waals surface area contributed by atoms with Gasteiger partial charge in [0.2, 0.25) is 11.6 Å². The fourth-order valence-electron chi connectivity index (χ4n) is 1.30. The maximum absolute atomic E-state index is 13.1. The van der Waals surface area contributed by atoms with E-state index in [1.807, 2.05) is 17.5 Å². The van der Waals surface area contributed by atoms with Gasteiger partial charge in [-0.25, -0.2) is 0 Å². The molecule has 0 spiro atoms. The van der Waals surface area contributed by atoms with E-state index in [2.05, 4.69) is 4.98 Å². The predicted molar refractivity (Wildman–Crippen MR) is 57.6 cm³/mol. The Hall–Kier alpha value is -1.63. The van der Waals surface area contributed by atoms with Gasteiger partial charge in [0.05, 0.1) is 6.61 Å². The molecule has 7 heteroatoms. The van der Waals surface area contributed by atoms with Gasteiger partial charge in [0.25, 0.3) is 11.9 Å². The molecule has 0 saturated carbocycles. The first-order valence-corrected chi connectivity index (χ1v) is 5.82. The Kier molecular flexibility index (Phi) is 3.81. The van der Waals surface area contributed by atoms with E-state index < -0.39 is 29.3 Å². The summed E-state index contributed by atoms with van der Waals surface area (Å²) in [5.74, 6) is -7.77. The number of nitrogens with zero attached hydrogens (tertiary/aromatic N) is 1. The lowest BCUT2D eigenvalue weighted by molar-refractivity contribution is 0.267. The molecule has 0 atom stereocenters. The van der Waals surface area contributed by atoms with Crippen molar-refractivity contribution in [3.63, 3.8) is 0 Å². The largest absolute Gasteiger partial charge is 0.487 e. The van der Waals surface area contributed by atoms with E-state index in [1.165, 1.54) is 11.3 Å². The maximum Gasteiger partial charge on any atom is 0.255 e. The van der Waals surface area contributed by atoms with Crippen LogP contribution < -0.4 is 4.74 Å². The second-order valence-corrected chi connectivity index (χ2v) is 4.36. The summed E-state index contributed by atoms with van der Waals surface area (Å²) in [4.78, 5) is 3.37. The van der Waals surface area contributed by atoms with E-state index in [1.54, 1.807) is 0 Å². The van der Waals surface area contributed by atoms with Gasteiger partial charge in [0.15, 0.2) is 5.75 Å². The van der Waals surface area contributed by atoms with Crippen LogP contribution in [0.15, 0.2) is 17.5 Å². The molecule has 2 aromatic heterocycles. The zero-order valence-electron chi connectivity index (χ0n) is 8.92. The molecule has 0 N–H and O–H groups in total. The van der Waals surface area contributed by atoms with E-state index in [9.17, 15) is 17.6 Å². The summed E-state index contributed by atoms with van der Waals surface area (Å²) in [6.45, 7) is -0.0861. The molecule has 0 aliphatic carbocycles. The predicted octanol–water partition coefficient (Wildman–Crippen LogP) is 3.32. The Labute approximate surface area is 104 Å². The van der Waals surface area contributed by atoms with Crippen LogP contribution in [0.5, 0.6) is 5.75 Å². The molecule has 0 fully saturated rings. The van der Waals surface area contributed by atoms with Gasteiger partial charge in [-0.15, -0.1) is 11.3 Å². The lowest BCUT2D eigenvalue weighted by Gasteiger charge is -2.08. The summed E-state index contributed by atoms with van der Waals surface area (Å²) in [5.41, 5.74) is 0. The molecule has 0 aliphatic rings. The van der Waals surface area contributed by atoms with E-state index in [4.69, 9.17) is 4.74 Å². The second-order valence-electron chi connectivity index (χ2n) is 3.33. The number of rotatable bonds is 4. The van der Waals surface area contributed by atoms with Crippen molar-refractivity contribution in [1.82, 2.24) is 4.98 Å². The standard InChI is InChI=1S/C11H7F4NOS/c12-7-9(8(13)11(15)16-10(7)14)17-4-3-6-2-1-5-18-6/h1-2,5H,3-4H2. The van der Waals surface area contributed by atoms with Gasteiger partial charge in [-0.05, 0) is 11.4 Å². The molecule has 2 rings (SSSR count). The Morgan fingerprint density at radius 2 is 1.78 bits per heavy atom. The molecule has 0 aromatic carbocycles.